The van der Waals surface area contributed by atoms with E-state index in [1.165, 1.54) is 0 Å². The van der Waals surface area contributed by atoms with E-state index in [0.29, 0.717) is 0 Å². The third kappa shape index (κ3) is 2.96. The Kier molecular flexibility index (Phi) is 3.80. The van der Waals surface area contributed by atoms with E-state index in [1.807, 2.05) is 32.3 Å². The van der Waals surface area contributed by atoms with Gasteiger partial charge in [0, 0.05) is 24.0 Å². The third-order valence-corrected chi connectivity index (χ3v) is 4.81. The average molecular weight is 260 g/mol. The standard InChI is InChI=1S/C14H20N2OSi/c1-15-9-8-12-5-4-11-10-13(18(2,3)17)6-7-14(11)16-12/h4-7,10,15,17H,8-9H2,1-3H3. The lowest BCUT2D eigenvalue weighted by Gasteiger charge is -2.15. The van der Waals surface area contributed by atoms with Gasteiger partial charge < -0.3 is 10.1 Å². The van der Waals surface area contributed by atoms with Crippen LogP contribution in [0.1, 0.15) is 5.69 Å². The molecule has 4 heteroatoms. The fourth-order valence-corrected chi connectivity index (χ4v) is 2.94. The Morgan fingerprint density at radius 1 is 1.22 bits per heavy atom. The van der Waals surface area contributed by atoms with Gasteiger partial charge in [0.25, 0.3) is 0 Å². The summed E-state index contributed by atoms with van der Waals surface area (Å²) in [4.78, 5) is 14.8. The highest BCUT2D eigenvalue weighted by molar-refractivity contribution is 6.83. The molecule has 18 heavy (non-hydrogen) atoms. The molecule has 1 heterocycles. The predicted molar refractivity (Wildman–Crippen MR) is 78.7 cm³/mol. The molecule has 0 aliphatic heterocycles. The minimum Gasteiger partial charge on any atom is -0.428 e. The van der Waals surface area contributed by atoms with Gasteiger partial charge in [-0.15, -0.1) is 0 Å². The Balaban J connectivity index is 2.36. The number of pyridine rings is 1. The highest BCUT2D eigenvalue weighted by atomic mass is 28.4. The van der Waals surface area contributed by atoms with Crippen molar-refractivity contribution in [3.63, 3.8) is 0 Å². The van der Waals surface area contributed by atoms with E-state index in [0.717, 1.165) is 34.7 Å². The Morgan fingerprint density at radius 2 is 2.00 bits per heavy atom. The third-order valence-electron chi connectivity index (χ3n) is 3.08. The van der Waals surface area contributed by atoms with Gasteiger partial charge in [0.05, 0.1) is 5.52 Å². The highest BCUT2D eigenvalue weighted by Crippen LogP contribution is 2.13. The summed E-state index contributed by atoms with van der Waals surface area (Å²) >= 11 is 0. The van der Waals surface area contributed by atoms with E-state index in [9.17, 15) is 4.80 Å². The molecule has 96 valence electrons. The first-order chi connectivity index (χ1) is 8.50. The number of aromatic nitrogens is 1. The summed E-state index contributed by atoms with van der Waals surface area (Å²) in [5.74, 6) is 0. The molecule has 0 aliphatic rings. The molecule has 0 spiro atoms. The maximum Gasteiger partial charge on any atom is 0.213 e. The fourth-order valence-electron chi connectivity index (χ4n) is 1.94. The molecule has 0 fully saturated rings. The lowest BCUT2D eigenvalue weighted by Crippen LogP contribution is -2.41. The van der Waals surface area contributed by atoms with Crippen LogP contribution in [0.4, 0.5) is 0 Å². The summed E-state index contributed by atoms with van der Waals surface area (Å²) < 4.78 is 0. The molecule has 0 atom stereocenters. The molecule has 0 aliphatic carbocycles. The quantitative estimate of drug-likeness (QED) is 0.817. The zero-order valence-electron chi connectivity index (χ0n) is 11.2. The summed E-state index contributed by atoms with van der Waals surface area (Å²) in [7, 11) is -0.277. The average Bonchev–Trinajstić information content (AvgIpc) is 2.34. The predicted octanol–water partition coefficient (Wildman–Crippen LogP) is 1.40. The lowest BCUT2D eigenvalue weighted by atomic mass is 10.2. The molecule has 0 saturated heterocycles. The Hall–Kier alpha value is -1.23. The molecule has 0 bridgehead atoms. The zero-order chi connectivity index (χ0) is 13.2. The number of nitrogens with zero attached hydrogens (tertiary/aromatic N) is 1. The van der Waals surface area contributed by atoms with Gasteiger partial charge in [-0.2, -0.15) is 0 Å². The van der Waals surface area contributed by atoms with Crippen LogP contribution in [0.15, 0.2) is 30.3 Å². The van der Waals surface area contributed by atoms with Crippen LogP contribution in [0.3, 0.4) is 0 Å². The number of rotatable bonds is 4. The Bertz CT molecular complexity index is 549. The van der Waals surface area contributed by atoms with Gasteiger partial charge in [-0.3, -0.25) is 4.98 Å². The minimum atomic E-state index is -2.22. The molecule has 2 N–H and O–H groups in total. The van der Waals surface area contributed by atoms with E-state index < -0.39 is 8.32 Å². The summed E-state index contributed by atoms with van der Waals surface area (Å²) in [6, 6.07) is 10.2. The van der Waals surface area contributed by atoms with Gasteiger partial charge >= 0.3 is 0 Å². The van der Waals surface area contributed by atoms with E-state index >= 15 is 0 Å². The molecule has 2 rings (SSSR count). The van der Waals surface area contributed by atoms with E-state index in [4.69, 9.17) is 0 Å². The van der Waals surface area contributed by atoms with E-state index in [1.54, 1.807) is 0 Å². The molecule has 0 saturated carbocycles. The van der Waals surface area contributed by atoms with Gasteiger partial charge in [0.15, 0.2) is 0 Å². The van der Waals surface area contributed by atoms with Crippen molar-refractivity contribution >= 4 is 24.4 Å². The minimum absolute atomic E-state index is 0.938. The molecule has 1 aromatic heterocycles. The zero-order valence-corrected chi connectivity index (χ0v) is 12.2. The summed E-state index contributed by atoms with van der Waals surface area (Å²) in [5, 5.41) is 5.29. The number of nitrogens with one attached hydrogen (secondary N) is 1. The van der Waals surface area contributed by atoms with Crippen LogP contribution >= 0.6 is 0 Å². The second-order valence-electron chi connectivity index (χ2n) is 5.12. The van der Waals surface area contributed by atoms with Crippen LogP contribution in [0, 0.1) is 0 Å². The smallest absolute Gasteiger partial charge is 0.213 e. The first-order valence-corrected chi connectivity index (χ1v) is 9.22. The Morgan fingerprint density at radius 3 is 2.67 bits per heavy atom. The van der Waals surface area contributed by atoms with Gasteiger partial charge in [-0.05, 0) is 37.5 Å². The maximum absolute atomic E-state index is 10.1. The topological polar surface area (TPSA) is 45.1 Å². The monoisotopic (exact) mass is 260 g/mol. The van der Waals surface area contributed by atoms with Gasteiger partial charge in [-0.25, -0.2) is 0 Å². The largest absolute Gasteiger partial charge is 0.428 e. The summed E-state index contributed by atoms with van der Waals surface area (Å²) in [6.07, 6.45) is 0.939. The molecule has 0 radical (unpaired) electrons. The normalized spacial score (nSPS) is 12.0. The van der Waals surface area contributed by atoms with Crippen LogP contribution in [0.2, 0.25) is 13.1 Å². The second-order valence-corrected chi connectivity index (χ2v) is 8.82. The van der Waals surface area contributed by atoms with Crippen molar-refractivity contribution in [1.82, 2.24) is 10.3 Å². The fraction of sp³-hybridized carbons (Fsp3) is 0.357. The molecular weight excluding hydrogens is 240 g/mol. The molecular formula is C14H20N2OSi. The van der Waals surface area contributed by atoms with Crippen LogP contribution in [0.25, 0.3) is 10.9 Å². The number of fused-ring (bicyclic) bond motifs is 1. The van der Waals surface area contributed by atoms with Crippen molar-refractivity contribution in [2.45, 2.75) is 19.5 Å². The Labute approximate surface area is 109 Å². The first kappa shape index (κ1) is 13.2. The molecule has 2 aromatic rings. The second kappa shape index (κ2) is 5.18. The first-order valence-electron chi connectivity index (χ1n) is 6.28. The number of benzene rings is 1. The molecule has 1 aromatic carbocycles. The van der Waals surface area contributed by atoms with Gasteiger partial charge in [-0.1, -0.05) is 18.2 Å². The molecule has 0 unspecified atom stereocenters. The van der Waals surface area contributed by atoms with Crippen molar-refractivity contribution in [3.8, 4) is 0 Å². The van der Waals surface area contributed by atoms with Crippen molar-refractivity contribution in [2.24, 2.45) is 0 Å². The van der Waals surface area contributed by atoms with Crippen LogP contribution in [0.5, 0.6) is 0 Å². The summed E-state index contributed by atoms with van der Waals surface area (Å²) in [5.41, 5.74) is 2.11. The maximum atomic E-state index is 10.1. The molecule has 0 amide bonds. The lowest BCUT2D eigenvalue weighted by molar-refractivity contribution is 0.568. The van der Waals surface area contributed by atoms with Gasteiger partial charge in [0.2, 0.25) is 8.32 Å². The van der Waals surface area contributed by atoms with Crippen LogP contribution in [-0.2, 0) is 6.42 Å². The van der Waals surface area contributed by atoms with E-state index in [2.05, 4.69) is 28.5 Å². The van der Waals surface area contributed by atoms with E-state index in [-0.39, 0.29) is 0 Å². The number of hydrogen-bond donors (Lipinski definition) is 2. The SMILES string of the molecule is CNCCc1ccc2cc([Si](C)(C)O)ccc2n1. The van der Waals surface area contributed by atoms with Crippen molar-refractivity contribution in [2.75, 3.05) is 13.6 Å². The van der Waals surface area contributed by atoms with Crippen LogP contribution < -0.4 is 10.5 Å². The number of hydrogen-bond acceptors (Lipinski definition) is 3. The van der Waals surface area contributed by atoms with Crippen molar-refractivity contribution in [1.29, 1.82) is 0 Å². The van der Waals surface area contributed by atoms with Crippen LogP contribution in [-0.4, -0.2) is 31.7 Å². The van der Waals surface area contributed by atoms with Crippen molar-refractivity contribution in [3.05, 3.63) is 36.0 Å². The highest BCUT2D eigenvalue weighted by Gasteiger charge is 2.20. The number of likely N-dealkylation sites (N-methyl/N-ethyl adjacent to an activating group) is 1. The van der Waals surface area contributed by atoms with Gasteiger partial charge in [0.1, 0.15) is 0 Å². The summed E-state index contributed by atoms with van der Waals surface area (Å²) in [6.45, 7) is 4.80. The molecule has 3 nitrogen and oxygen atoms in total. The van der Waals surface area contributed by atoms with Crippen molar-refractivity contribution < 1.29 is 4.80 Å².